The molecule has 324 valence electrons. The van der Waals surface area contributed by atoms with Gasteiger partial charge in [-0.1, -0.05) is 43.4 Å². The number of ether oxygens (including phenoxy) is 6. The number of rotatable bonds is 39. The molecule has 1 atom stereocenters. The van der Waals surface area contributed by atoms with Gasteiger partial charge in [0.15, 0.2) is 0 Å². The normalized spacial score (nSPS) is 12.2. The molecule has 0 saturated carbocycles. The molecular formula is C40H65N3O12PS-. The molecule has 0 aromatic rings. The van der Waals surface area contributed by atoms with Crippen molar-refractivity contribution < 1.29 is 57.0 Å². The zero-order chi connectivity index (χ0) is 42.5. The quantitative estimate of drug-likeness (QED) is 0.0464. The van der Waals surface area contributed by atoms with E-state index in [9.17, 15) is 24.1 Å². The first-order chi connectivity index (χ1) is 27.4. The maximum atomic E-state index is 13.4. The van der Waals surface area contributed by atoms with Gasteiger partial charge in [-0.2, -0.15) is 0 Å². The molecule has 17 heteroatoms. The zero-order valence-electron chi connectivity index (χ0n) is 33.9. The third-order valence-electron chi connectivity index (χ3n) is 8.20. The second-order valence-electron chi connectivity index (χ2n) is 13.2. The molecule has 0 aliphatic carbocycles. The molecule has 0 heterocycles. The number of hydrogen-bond donors (Lipinski definition) is 3. The average Bonchev–Trinajstić information content (AvgIpc) is 3.18. The van der Waals surface area contributed by atoms with Crippen molar-refractivity contribution in [3.05, 3.63) is 0 Å². The fourth-order valence-corrected chi connectivity index (χ4v) is 5.89. The minimum Gasteiger partial charge on any atom is -0.801 e. The Hall–Kier alpha value is -2.91. The summed E-state index contributed by atoms with van der Waals surface area (Å²) in [5.41, 5.74) is -1.36. The molecule has 57 heavy (non-hydrogen) atoms. The van der Waals surface area contributed by atoms with Crippen LogP contribution in [0.1, 0.15) is 84.5 Å². The first kappa shape index (κ1) is 54.1. The van der Waals surface area contributed by atoms with E-state index in [0.717, 1.165) is 0 Å². The van der Waals surface area contributed by atoms with Gasteiger partial charge in [0.25, 0.3) is 0 Å². The third kappa shape index (κ3) is 32.7. The Bertz CT molecular complexity index is 1190. The van der Waals surface area contributed by atoms with Crippen molar-refractivity contribution >= 4 is 41.8 Å². The molecule has 0 aromatic carbocycles. The number of ketones is 1. The highest BCUT2D eigenvalue weighted by molar-refractivity contribution is 8.09. The van der Waals surface area contributed by atoms with Crippen molar-refractivity contribution in [2.75, 3.05) is 99.0 Å². The highest BCUT2D eigenvalue weighted by Crippen LogP contribution is 2.42. The SMILES string of the molecule is C#CCOCCOCCCC(=O)CCC(CCC(=O)NCCOCCOCC#C)(CCC(=O)NCCOCCOCC#C)NC(=O)CCCCOP([O-])(=S)C(C)C. The zero-order valence-corrected chi connectivity index (χ0v) is 35.7. The van der Waals surface area contributed by atoms with Gasteiger partial charge in [0.2, 0.25) is 17.7 Å². The standard InChI is InChI=1S/C40H66N3O12PS/c1-6-22-49-29-32-52-25-11-12-36(44)14-17-40(18-15-37(45)41-20-27-53-33-30-50-23-7-2,19-16-38(46)42-21-28-54-34-31-51-24-8-3)43-39(47)13-9-10-26-55-56(48,57)35(4)5/h1-3,35H,9-34H2,4-5H3,(H,41,45)(H,42,46)(H,43,47)(H,48,57)/p-1. The van der Waals surface area contributed by atoms with E-state index in [4.69, 9.17) is 64.0 Å². The average molecular weight is 843 g/mol. The van der Waals surface area contributed by atoms with Gasteiger partial charge in [-0.15, -0.1) is 19.3 Å². The molecule has 0 fully saturated rings. The second-order valence-corrected chi connectivity index (χ2v) is 17.1. The fraction of sp³-hybridized carbons (Fsp3) is 0.750. The summed E-state index contributed by atoms with van der Waals surface area (Å²) in [7, 11) is 0. The summed E-state index contributed by atoms with van der Waals surface area (Å²) in [4.78, 5) is 64.9. The van der Waals surface area contributed by atoms with E-state index >= 15 is 0 Å². The van der Waals surface area contributed by atoms with Gasteiger partial charge in [0, 0.05) is 57.3 Å². The van der Waals surface area contributed by atoms with Crippen LogP contribution in [-0.2, 0) is 63.9 Å². The Morgan fingerprint density at radius 3 is 1.53 bits per heavy atom. The number of carbonyl (C=O) groups excluding carboxylic acids is 4. The molecule has 1 unspecified atom stereocenters. The van der Waals surface area contributed by atoms with Gasteiger partial charge in [0.05, 0.1) is 59.5 Å². The summed E-state index contributed by atoms with van der Waals surface area (Å²) >= 11 is 5.07. The van der Waals surface area contributed by atoms with Crippen molar-refractivity contribution in [3.8, 4) is 37.0 Å². The first-order valence-corrected chi connectivity index (χ1v) is 22.2. The van der Waals surface area contributed by atoms with Crippen LogP contribution in [0.2, 0.25) is 0 Å². The molecule has 0 rings (SSSR count). The molecule has 0 aliphatic rings. The summed E-state index contributed by atoms with van der Waals surface area (Å²) in [6.45, 7) is 4.42. The molecule has 3 amide bonds. The van der Waals surface area contributed by atoms with Crippen molar-refractivity contribution in [1.29, 1.82) is 0 Å². The minimum absolute atomic E-state index is 0.0176. The number of terminal acetylenes is 3. The number of nitrogens with one attached hydrogen (secondary N) is 3. The Morgan fingerprint density at radius 2 is 1.05 bits per heavy atom. The maximum Gasteiger partial charge on any atom is 0.220 e. The lowest BCUT2D eigenvalue weighted by Crippen LogP contribution is -2.50. The van der Waals surface area contributed by atoms with Crippen molar-refractivity contribution in [3.63, 3.8) is 0 Å². The number of carbonyl (C=O) groups is 4. The first-order valence-electron chi connectivity index (χ1n) is 19.5. The Morgan fingerprint density at radius 1 is 0.596 bits per heavy atom. The van der Waals surface area contributed by atoms with Crippen molar-refractivity contribution in [2.24, 2.45) is 0 Å². The highest BCUT2D eigenvalue weighted by atomic mass is 32.5. The molecule has 3 N–H and O–H groups in total. The summed E-state index contributed by atoms with van der Waals surface area (Å²) in [6, 6.07) is 0. The van der Waals surface area contributed by atoms with Gasteiger partial charge in [-0.05, 0) is 50.7 Å². The van der Waals surface area contributed by atoms with E-state index in [2.05, 4.69) is 33.7 Å². The van der Waals surface area contributed by atoms with E-state index in [1.54, 1.807) is 13.8 Å². The third-order valence-corrected chi connectivity index (χ3v) is 11.6. The highest BCUT2D eigenvalue weighted by Gasteiger charge is 2.33. The number of hydrogen-bond acceptors (Lipinski definition) is 13. The maximum absolute atomic E-state index is 13.4. The molecule has 0 radical (unpaired) electrons. The van der Waals surface area contributed by atoms with Crippen LogP contribution in [0.5, 0.6) is 0 Å². The van der Waals surface area contributed by atoms with Gasteiger partial charge >= 0.3 is 0 Å². The van der Waals surface area contributed by atoms with Crippen LogP contribution in [0.15, 0.2) is 0 Å². The lowest BCUT2D eigenvalue weighted by Gasteiger charge is -2.35. The van der Waals surface area contributed by atoms with Gasteiger partial charge in [0.1, 0.15) is 25.6 Å². The summed E-state index contributed by atoms with van der Waals surface area (Å²) < 4.78 is 37.4. The monoisotopic (exact) mass is 842 g/mol. The van der Waals surface area contributed by atoms with E-state index in [0.29, 0.717) is 65.5 Å². The largest absolute Gasteiger partial charge is 0.801 e. The van der Waals surface area contributed by atoms with Crippen molar-refractivity contribution in [2.45, 2.75) is 95.7 Å². The second kappa shape index (κ2) is 36.2. The minimum atomic E-state index is -3.16. The van der Waals surface area contributed by atoms with Crippen LogP contribution in [0.25, 0.3) is 0 Å². The summed E-state index contributed by atoms with van der Waals surface area (Å²) in [5, 5.41) is 8.73. The Balaban J connectivity index is 5.62. The fourth-order valence-electron chi connectivity index (χ4n) is 4.98. The number of unbranched alkanes of at least 4 members (excludes halogenated alkanes) is 1. The van der Waals surface area contributed by atoms with Crippen LogP contribution in [0.4, 0.5) is 0 Å². The lowest BCUT2D eigenvalue weighted by atomic mass is 9.82. The summed E-state index contributed by atoms with van der Waals surface area (Å²) in [6.07, 6.45) is 17.9. The molecule has 0 spiro atoms. The van der Waals surface area contributed by atoms with Crippen molar-refractivity contribution in [1.82, 2.24) is 16.0 Å². The van der Waals surface area contributed by atoms with E-state index in [1.807, 2.05) is 0 Å². The smallest absolute Gasteiger partial charge is 0.220 e. The molecule has 15 nitrogen and oxygen atoms in total. The predicted molar refractivity (Wildman–Crippen MR) is 219 cm³/mol. The lowest BCUT2D eigenvalue weighted by molar-refractivity contribution is -0.184. The Kier molecular flexibility index (Phi) is 34.3. The number of amides is 3. The van der Waals surface area contributed by atoms with Gasteiger partial charge in [-0.3, -0.25) is 19.2 Å². The summed E-state index contributed by atoms with van der Waals surface area (Å²) in [5.74, 6) is 6.21. The number of Topliss-reactive ketones (excluding diaryl/α,β-unsaturated/α-hetero) is 1. The van der Waals surface area contributed by atoms with Crippen LogP contribution in [0, 0.1) is 37.0 Å². The molecule has 0 saturated heterocycles. The molecule has 0 aliphatic heterocycles. The van der Waals surface area contributed by atoms with Crippen LogP contribution in [-0.4, -0.2) is 134 Å². The Labute approximate surface area is 345 Å². The van der Waals surface area contributed by atoms with Gasteiger partial charge in [-0.25, -0.2) is 0 Å². The van der Waals surface area contributed by atoms with Gasteiger partial charge < -0.3 is 53.8 Å². The van der Waals surface area contributed by atoms with E-state index in [-0.39, 0.29) is 133 Å². The van der Waals surface area contributed by atoms with E-state index in [1.165, 1.54) is 0 Å². The predicted octanol–water partition coefficient (Wildman–Crippen LogP) is 2.03. The van der Waals surface area contributed by atoms with Crippen LogP contribution < -0.4 is 20.8 Å². The molecule has 0 aromatic heterocycles. The van der Waals surface area contributed by atoms with Crippen LogP contribution in [0.3, 0.4) is 0 Å². The molecular weight excluding hydrogens is 777 g/mol. The van der Waals surface area contributed by atoms with E-state index < -0.39 is 12.0 Å². The topological polar surface area (TPSA) is 192 Å². The molecule has 0 bridgehead atoms. The van der Waals surface area contributed by atoms with Crippen LogP contribution >= 0.6 is 6.49 Å².